The zero-order chi connectivity index (χ0) is 12.8. The first-order valence-corrected chi connectivity index (χ1v) is 5.63. The maximum Gasteiger partial charge on any atom is 0.226 e. The van der Waals surface area contributed by atoms with Gasteiger partial charge < -0.3 is 14.7 Å². The Morgan fingerprint density at radius 1 is 1.53 bits per heavy atom. The Bertz CT molecular complexity index is 379. The average Bonchev–Trinajstić information content (AvgIpc) is 2.34. The van der Waals surface area contributed by atoms with Gasteiger partial charge in [0.15, 0.2) is 0 Å². The molecule has 0 bridgehead atoms. The average molecular weight is 237 g/mol. The summed E-state index contributed by atoms with van der Waals surface area (Å²) in [6.45, 7) is 1.93. The van der Waals surface area contributed by atoms with E-state index in [2.05, 4.69) is 0 Å². The van der Waals surface area contributed by atoms with Crippen molar-refractivity contribution < 1.29 is 14.6 Å². The molecule has 1 aromatic carbocycles. The second-order valence-corrected chi connectivity index (χ2v) is 4.06. The molecule has 4 nitrogen and oxygen atoms in total. The van der Waals surface area contributed by atoms with Crippen LogP contribution in [0.4, 0.5) is 5.69 Å². The van der Waals surface area contributed by atoms with Crippen molar-refractivity contribution in [3.8, 4) is 5.75 Å². The lowest BCUT2D eigenvalue weighted by Crippen LogP contribution is -2.26. The standard InChI is InChI=1S/C13H19NO3/c1-10(17-3)7-8-13(16)14(2)11-5-4-6-12(15)9-11/h4-6,9-10,15H,7-8H2,1-3H3. The number of anilines is 1. The van der Waals surface area contributed by atoms with Crippen molar-refractivity contribution in [2.45, 2.75) is 25.9 Å². The molecule has 17 heavy (non-hydrogen) atoms. The van der Waals surface area contributed by atoms with E-state index in [1.807, 2.05) is 6.92 Å². The minimum absolute atomic E-state index is 0.0134. The summed E-state index contributed by atoms with van der Waals surface area (Å²) in [5.41, 5.74) is 0.695. The number of ether oxygens (including phenoxy) is 1. The van der Waals surface area contributed by atoms with Gasteiger partial charge in [-0.3, -0.25) is 4.79 Å². The predicted molar refractivity (Wildman–Crippen MR) is 67.2 cm³/mol. The first kappa shape index (κ1) is 13.5. The van der Waals surface area contributed by atoms with Crippen LogP contribution < -0.4 is 4.90 Å². The van der Waals surface area contributed by atoms with Crippen LogP contribution in [0.15, 0.2) is 24.3 Å². The highest BCUT2D eigenvalue weighted by Gasteiger charge is 2.12. The van der Waals surface area contributed by atoms with Crippen LogP contribution in [0.5, 0.6) is 5.75 Å². The first-order chi connectivity index (χ1) is 8.04. The van der Waals surface area contributed by atoms with Gasteiger partial charge >= 0.3 is 0 Å². The highest BCUT2D eigenvalue weighted by molar-refractivity contribution is 5.92. The van der Waals surface area contributed by atoms with E-state index in [4.69, 9.17) is 4.74 Å². The number of amides is 1. The summed E-state index contributed by atoms with van der Waals surface area (Å²) in [5.74, 6) is 0.173. The molecule has 1 amide bonds. The van der Waals surface area contributed by atoms with E-state index >= 15 is 0 Å². The van der Waals surface area contributed by atoms with E-state index in [9.17, 15) is 9.90 Å². The Labute approximate surface area is 102 Å². The lowest BCUT2D eigenvalue weighted by molar-refractivity contribution is -0.118. The zero-order valence-electron chi connectivity index (χ0n) is 10.5. The first-order valence-electron chi connectivity index (χ1n) is 5.63. The second-order valence-electron chi connectivity index (χ2n) is 4.06. The number of aromatic hydroxyl groups is 1. The molecule has 0 spiro atoms. The van der Waals surface area contributed by atoms with E-state index in [1.165, 1.54) is 0 Å². The van der Waals surface area contributed by atoms with Crippen molar-refractivity contribution in [1.29, 1.82) is 0 Å². The van der Waals surface area contributed by atoms with Gasteiger partial charge in [-0.05, 0) is 25.5 Å². The van der Waals surface area contributed by atoms with E-state index in [0.717, 1.165) is 0 Å². The molecule has 0 aliphatic carbocycles. The molecule has 1 rings (SSSR count). The van der Waals surface area contributed by atoms with Crippen molar-refractivity contribution in [3.05, 3.63) is 24.3 Å². The fourth-order valence-corrected chi connectivity index (χ4v) is 1.46. The van der Waals surface area contributed by atoms with Crippen LogP contribution in [0.2, 0.25) is 0 Å². The number of carbonyl (C=O) groups is 1. The Morgan fingerprint density at radius 3 is 2.82 bits per heavy atom. The third-order valence-corrected chi connectivity index (χ3v) is 2.76. The molecule has 0 aliphatic heterocycles. The third kappa shape index (κ3) is 4.07. The minimum Gasteiger partial charge on any atom is -0.508 e. The molecular formula is C13H19NO3. The molecule has 0 aliphatic rings. The van der Waals surface area contributed by atoms with Crippen molar-refractivity contribution in [2.24, 2.45) is 0 Å². The number of phenolic OH excluding ortho intramolecular Hbond substituents is 1. The number of phenols is 1. The van der Waals surface area contributed by atoms with Crippen LogP contribution in [0.3, 0.4) is 0 Å². The Hall–Kier alpha value is -1.55. The van der Waals surface area contributed by atoms with Gasteiger partial charge in [-0.2, -0.15) is 0 Å². The van der Waals surface area contributed by atoms with Crippen molar-refractivity contribution in [2.75, 3.05) is 19.1 Å². The summed E-state index contributed by atoms with van der Waals surface area (Å²) in [6, 6.07) is 6.65. The molecule has 0 radical (unpaired) electrons. The molecule has 0 aromatic heterocycles. The van der Waals surface area contributed by atoms with Crippen LogP contribution in [0.25, 0.3) is 0 Å². The van der Waals surface area contributed by atoms with Crippen LogP contribution in [0.1, 0.15) is 19.8 Å². The monoisotopic (exact) mass is 237 g/mol. The van der Waals surface area contributed by atoms with Crippen molar-refractivity contribution in [1.82, 2.24) is 0 Å². The summed E-state index contributed by atoms with van der Waals surface area (Å²) >= 11 is 0. The van der Waals surface area contributed by atoms with E-state index in [0.29, 0.717) is 18.5 Å². The van der Waals surface area contributed by atoms with Gasteiger partial charge in [0.1, 0.15) is 5.75 Å². The van der Waals surface area contributed by atoms with Crippen LogP contribution in [0, 0.1) is 0 Å². The van der Waals surface area contributed by atoms with Crippen LogP contribution in [-0.4, -0.2) is 31.3 Å². The number of hydrogen-bond acceptors (Lipinski definition) is 3. The van der Waals surface area contributed by atoms with E-state index in [1.54, 1.807) is 43.3 Å². The molecule has 1 N–H and O–H groups in total. The Morgan fingerprint density at radius 2 is 2.24 bits per heavy atom. The van der Waals surface area contributed by atoms with E-state index < -0.39 is 0 Å². The lowest BCUT2D eigenvalue weighted by atomic mass is 10.2. The Kier molecular flexibility index (Phi) is 4.97. The van der Waals surface area contributed by atoms with Gasteiger partial charge in [-0.25, -0.2) is 0 Å². The number of nitrogens with zero attached hydrogens (tertiary/aromatic N) is 1. The van der Waals surface area contributed by atoms with E-state index in [-0.39, 0.29) is 17.8 Å². The second kappa shape index (κ2) is 6.25. The van der Waals surface area contributed by atoms with Crippen LogP contribution >= 0.6 is 0 Å². The number of benzene rings is 1. The normalized spacial score (nSPS) is 12.2. The number of rotatable bonds is 5. The summed E-state index contributed by atoms with van der Waals surface area (Å²) in [5, 5.41) is 9.34. The molecule has 4 heteroatoms. The largest absolute Gasteiger partial charge is 0.508 e. The molecule has 1 aromatic rings. The van der Waals surface area contributed by atoms with Crippen LogP contribution in [-0.2, 0) is 9.53 Å². The smallest absolute Gasteiger partial charge is 0.226 e. The molecule has 0 saturated heterocycles. The fourth-order valence-electron chi connectivity index (χ4n) is 1.46. The van der Waals surface area contributed by atoms with Crippen molar-refractivity contribution in [3.63, 3.8) is 0 Å². The summed E-state index contributed by atoms with van der Waals surface area (Å²) < 4.78 is 5.09. The maximum atomic E-state index is 11.9. The van der Waals surface area contributed by atoms with Crippen molar-refractivity contribution >= 4 is 11.6 Å². The topological polar surface area (TPSA) is 49.8 Å². The molecular weight excluding hydrogens is 218 g/mol. The molecule has 0 saturated carbocycles. The lowest BCUT2D eigenvalue weighted by Gasteiger charge is -2.18. The molecule has 1 atom stereocenters. The van der Waals surface area contributed by atoms with Gasteiger partial charge in [0.2, 0.25) is 5.91 Å². The quantitative estimate of drug-likeness (QED) is 0.853. The number of methoxy groups -OCH3 is 1. The molecule has 94 valence electrons. The summed E-state index contributed by atoms with van der Waals surface area (Å²) in [6.07, 6.45) is 1.20. The molecule has 0 fully saturated rings. The number of carbonyl (C=O) groups excluding carboxylic acids is 1. The summed E-state index contributed by atoms with van der Waals surface area (Å²) in [4.78, 5) is 13.4. The summed E-state index contributed by atoms with van der Waals surface area (Å²) in [7, 11) is 3.34. The van der Waals surface area contributed by atoms with Gasteiger partial charge in [0.25, 0.3) is 0 Å². The van der Waals surface area contributed by atoms with Gasteiger partial charge in [0, 0.05) is 32.3 Å². The van der Waals surface area contributed by atoms with Gasteiger partial charge in [-0.1, -0.05) is 6.07 Å². The zero-order valence-corrected chi connectivity index (χ0v) is 10.5. The van der Waals surface area contributed by atoms with Gasteiger partial charge in [0.05, 0.1) is 6.10 Å². The molecule has 1 unspecified atom stereocenters. The third-order valence-electron chi connectivity index (χ3n) is 2.76. The highest BCUT2D eigenvalue weighted by atomic mass is 16.5. The highest BCUT2D eigenvalue weighted by Crippen LogP contribution is 2.19. The SMILES string of the molecule is COC(C)CCC(=O)N(C)c1cccc(O)c1. The predicted octanol–water partition coefficient (Wildman–Crippen LogP) is 2.17. The molecule has 0 heterocycles. The Balaban J connectivity index is 2.57. The maximum absolute atomic E-state index is 11.9. The minimum atomic E-state index is 0.0134. The number of hydrogen-bond donors (Lipinski definition) is 1. The fraction of sp³-hybridized carbons (Fsp3) is 0.462. The van der Waals surface area contributed by atoms with Gasteiger partial charge in [-0.15, -0.1) is 0 Å².